The highest BCUT2D eigenvalue weighted by Gasteiger charge is 2.35. The molecule has 4 heteroatoms. The third kappa shape index (κ3) is 4.11. The summed E-state index contributed by atoms with van der Waals surface area (Å²) in [4.78, 5) is 27.2. The Kier molecular flexibility index (Phi) is 5.35. The van der Waals surface area contributed by atoms with E-state index >= 15 is 0 Å². The third-order valence-corrected chi connectivity index (χ3v) is 5.86. The van der Waals surface area contributed by atoms with E-state index in [1.54, 1.807) is 0 Å². The number of amides is 1. The van der Waals surface area contributed by atoms with E-state index in [4.69, 9.17) is 0 Å². The SMILES string of the molecule is O=C(CCN1CCC(Cc2ccccc2)CC1)C1C(=O)Nc2ccccc21. The van der Waals surface area contributed by atoms with Gasteiger partial charge in [-0.25, -0.2) is 0 Å². The molecule has 1 fully saturated rings. The van der Waals surface area contributed by atoms with Crippen LogP contribution in [-0.2, 0) is 16.0 Å². The van der Waals surface area contributed by atoms with Crippen molar-refractivity contribution in [3.05, 3.63) is 65.7 Å². The van der Waals surface area contributed by atoms with E-state index in [1.165, 1.54) is 18.4 Å². The van der Waals surface area contributed by atoms with Crippen molar-refractivity contribution in [2.45, 2.75) is 31.6 Å². The first-order valence-electron chi connectivity index (χ1n) is 9.89. The lowest BCUT2D eigenvalue weighted by atomic mass is 9.89. The van der Waals surface area contributed by atoms with Gasteiger partial charge in [-0.15, -0.1) is 0 Å². The average Bonchev–Trinajstić information content (AvgIpc) is 3.04. The maximum absolute atomic E-state index is 12.7. The van der Waals surface area contributed by atoms with Crippen LogP contribution in [-0.4, -0.2) is 36.2 Å². The second-order valence-corrected chi connectivity index (χ2v) is 7.70. The van der Waals surface area contributed by atoms with Crippen LogP contribution in [0.4, 0.5) is 5.69 Å². The number of rotatable bonds is 6. The second-order valence-electron chi connectivity index (χ2n) is 7.70. The minimum atomic E-state index is -0.628. The molecule has 0 aliphatic carbocycles. The number of ketones is 1. The van der Waals surface area contributed by atoms with Crippen LogP contribution in [0.25, 0.3) is 0 Å². The van der Waals surface area contributed by atoms with Gasteiger partial charge in [-0.05, 0) is 55.5 Å². The van der Waals surface area contributed by atoms with Crippen molar-refractivity contribution in [3.63, 3.8) is 0 Å². The molecular formula is C23H26N2O2. The average molecular weight is 362 g/mol. The predicted octanol–water partition coefficient (Wildman–Crippen LogP) is 3.64. The van der Waals surface area contributed by atoms with Crippen LogP contribution >= 0.6 is 0 Å². The van der Waals surface area contributed by atoms with Crippen LogP contribution in [0.2, 0.25) is 0 Å². The summed E-state index contributed by atoms with van der Waals surface area (Å²) in [6.45, 7) is 2.83. The Morgan fingerprint density at radius 2 is 1.70 bits per heavy atom. The zero-order chi connectivity index (χ0) is 18.6. The molecule has 0 radical (unpaired) electrons. The van der Waals surface area contributed by atoms with Crippen LogP contribution in [0, 0.1) is 5.92 Å². The lowest BCUT2D eigenvalue weighted by Gasteiger charge is -2.32. The number of carbonyl (C=O) groups excluding carboxylic acids is 2. The highest BCUT2D eigenvalue weighted by atomic mass is 16.2. The minimum absolute atomic E-state index is 0.0314. The summed E-state index contributed by atoms with van der Waals surface area (Å²) in [5.74, 6) is -0.0460. The molecule has 0 aromatic heterocycles. The smallest absolute Gasteiger partial charge is 0.239 e. The van der Waals surface area contributed by atoms with Gasteiger partial charge in [0.05, 0.1) is 0 Å². The minimum Gasteiger partial charge on any atom is -0.325 e. The molecule has 1 amide bonds. The number of para-hydroxylation sites is 1. The van der Waals surface area contributed by atoms with Gasteiger partial charge in [-0.3, -0.25) is 9.59 Å². The number of Topliss-reactive ketones (excluding diaryl/α,β-unsaturated/α-hetero) is 1. The van der Waals surface area contributed by atoms with Gasteiger partial charge >= 0.3 is 0 Å². The highest BCUT2D eigenvalue weighted by molar-refractivity contribution is 6.16. The maximum atomic E-state index is 12.7. The van der Waals surface area contributed by atoms with Crippen LogP contribution in [0.3, 0.4) is 0 Å². The molecule has 1 unspecified atom stereocenters. The second kappa shape index (κ2) is 8.05. The Labute approximate surface area is 160 Å². The molecule has 0 spiro atoms. The van der Waals surface area contributed by atoms with Crippen molar-refractivity contribution in [1.82, 2.24) is 4.90 Å². The molecule has 1 N–H and O–H groups in total. The van der Waals surface area contributed by atoms with Gasteiger partial charge in [-0.2, -0.15) is 0 Å². The van der Waals surface area contributed by atoms with E-state index in [2.05, 4.69) is 40.5 Å². The van der Waals surface area contributed by atoms with Crippen LogP contribution in [0.15, 0.2) is 54.6 Å². The number of nitrogens with zero attached hydrogens (tertiary/aromatic N) is 1. The van der Waals surface area contributed by atoms with Gasteiger partial charge in [0.25, 0.3) is 0 Å². The number of piperidine rings is 1. The molecule has 2 aliphatic rings. The quantitative estimate of drug-likeness (QED) is 0.798. The fourth-order valence-corrected chi connectivity index (χ4v) is 4.30. The predicted molar refractivity (Wildman–Crippen MR) is 107 cm³/mol. The largest absolute Gasteiger partial charge is 0.325 e. The van der Waals surface area contributed by atoms with Crippen molar-refractivity contribution in [2.24, 2.45) is 5.92 Å². The summed E-state index contributed by atoms with van der Waals surface area (Å²) >= 11 is 0. The molecule has 140 valence electrons. The van der Waals surface area contributed by atoms with E-state index in [9.17, 15) is 9.59 Å². The standard InChI is InChI=1S/C23H26N2O2/c26-21(22-19-8-4-5-9-20(19)24-23(22)27)12-15-25-13-10-18(11-14-25)16-17-6-2-1-3-7-17/h1-9,18,22H,10-16H2,(H,24,27). The van der Waals surface area contributed by atoms with Gasteiger partial charge in [0, 0.05) is 18.7 Å². The maximum Gasteiger partial charge on any atom is 0.239 e. The number of hydrogen-bond acceptors (Lipinski definition) is 3. The van der Waals surface area contributed by atoms with E-state index < -0.39 is 5.92 Å². The van der Waals surface area contributed by atoms with Crippen molar-refractivity contribution in [1.29, 1.82) is 0 Å². The molecule has 2 aliphatic heterocycles. The highest BCUT2D eigenvalue weighted by Crippen LogP contribution is 2.33. The summed E-state index contributed by atoms with van der Waals surface area (Å²) in [5, 5.41) is 2.82. The van der Waals surface area contributed by atoms with E-state index in [0.717, 1.165) is 43.2 Å². The number of nitrogens with one attached hydrogen (secondary N) is 1. The third-order valence-electron chi connectivity index (χ3n) is 5.86. The van der Waals surface area contributed by atoms with Crippen LogP contribution in [0.5, 0.6) is 0 Å². The first-order chi connectivity index (χ1) is 13.2. The molecule has 0 saturated carbocycles. The number of anilines is 1. The van der Waals surface area contributed by atoms with Crippen molar-refractivity contribution < 1.29 is 9.59 Å². The van der Waals surface area contributed by atoms with Gasteiger partial charge in [0.15, 0.2) is 5.78 Å². The molecule has 2 aromatic carbocycles. The summed E-state index contributed by atoms with van der Waals surface area (Å²) in [5.41, 5.74) is 3.02. The lowest BCUT2D eigenvalue weighted by molar-refractivity contribution is -0.127. The summed E-state index contributed by atoms with van der Waals surface area (Å²) in [7, 11) is 0. The Balaban J connectivity index is 1.26. The van der Waals surface area contributed by atoms with Gasteiger partial charge in [0.1, 0.15) is 5.92 Å². The molecule has 2 aromatic rings. The lowest BCUT2D eigenvalue weighted by Crippen LogP contribution is -2.36. The normalized spacial score (nSPS) is 20.3. The fourth-order valence-electron chi connectivity index (χ4n) is 4.30. The zero-order valence-corrected chi connectivity index (χ0v) is 15.6. The van der Waals surface area contributed by atoms with Crippen molar-refractivity contribution >= 4 is 17.4 Å². The van der Waals surface area contributed by atoms with E-state index in [1.807, 2.05) is 24.3 Å². The van der Waals surface area contributed by atoms with Crippen LogP contribution in [0.1, 0.15) is 36.3 Å². The molecule has 2 heterocycles. The molecule has 27 heavy (non-hydrogen) atoms. The Morgan fingerprint density at radius 3 is 2.48 bits per heavy atom. The molecule has 1 saturated heterocycles. The Hall–Kier alpha value is -2.46. The summed E-state index contributed by atoms with van der Waals surface area (Å²) in [6, 6.07) is 18.2. The fraction of sp³-hybridized carbons (Fsp3) is 0.391. The molecule has 4 rings (SSSR count). The number of carbonyl (C=O) groups is 2. The van der Waals surface area contributed by atoms with E-state index in [0.29, 0.717) is 6.42 Å². The van der Waals surface area contributed by atoms with Crippen LogP contribution < -0.4 is 5.32 Å². The Morgan fingerprint density at radius 1 is 1.00 bits per heavy atom. The molecule has 1 atom stereocenters. The van der Waals surface area contributed by atoms with Crippen molar-refractivity contribution in [2.75, 3.05) is 25.0 Å². The van der Waals surface area contributed by atoms with Gasteiger partial charge in [-0.1, -0.05) is 48.5 Å². The Bertz CT molecular complexity index is 810. The first-order valence-corrected chi connectivity index (χ1v) is 9.89. The number of fused-ring (bicyclic) bond motifs is 1. The topological polar surface area (TPSA) is 49.4 Å². The first kappa shape index (κ1) is 17.9. The monoisotopic (exact) mass is 362 g/mol. The molecule has 4 nitrogen and oxygen atoms in total. The number of likely N-dealkylation sites (tertiary alicyclic amines) is 1. The van der Waals surface area contributed by atoms with Gasteiger partial charge in [0.2, 0.25) is 5.91 Å². The van der Waals surface area contributed by atoms with E-state index in [-0.39, 0.29) is 11.7 Å². The zero-order valence-electron chi connectivity index (χ0n) is 15.6. The number of hydrogen-bond donors (Lipinski definition) is 1. The number of benzene rings is 2. The summed E-state index contributed by atoms with van der Waals surface area (Å²) < 4.78 is 0. The van der Waals surface area contributed by atoms with Crippen molar-refractivity contribution in [3.8, 4) is 0 Å². The summed E-state index contributed by atoms with van der Waals surface area (Å²) in [6.07, 6.45) is 3.94. The van der Waals surface area contributed by atoms with Gasteiger partial charge < -0.3 is 10.2 Å². The molecular weight excluding hydrogens is 336 g/mol. The molecule has 0 bridgehead atoms.